The molecule has 0 bridgehead atoms. The van der Waals surface area contributed by atoms with Gasteiger partial charge in [-0.3, -0.25) is 0 Å². The largest absolute Gasteiger partial charge is 0.493 e. The number of ether oxygens (including phenoxy) is 2. The highest BCUT2D eigenvalue weighted by Crippen LogP contribution is 2.38. The molecule has 1 aromatic carbocycles. The summed E-state index contributed by atoms with van der Waals surface area (Å²) in [6.45, 7) is 0.931. The van der Waals surface area contributed by atoms with Gasteiger partial charge in [-0.05, 0) is 35.1 Å². The summed E-state index contributed by atoms with van der Waals surface area (Å²) in [5.41, 5.74) is 1.96. The number of nitrogens with one attached hydrogen (secondary N) is 1. The van der Waals surface area contributed by atoms with Gasteiger partial charge in [0.05, 0.1) is 24.9 Å². The Kier molecular flexibility index (Phi) is 5.39. The molecular weight excluding hydrogens is 340 g/mol. The molecule has 0 atom stereocenters. The number of nitrogens with zero attached hydrogens (tertiary/aromatic N) is 1. The van der Waals surface area contributed by atoms with Crippen molar-refractivity contribution in [2.45, 2.75) is 6.42 Å². The number of thiazole rings is 1. The summed E-state index contributed by atoms with van der Waals surface area (Å²) in [7, 11) is 5.21. The van der Waals surface area contributed by atoms with Gasteiger partial charge in [0, 0.05) is 28.4 Å². The van der Waals surface area contributed by atoms with Gasteiger partial charge in [0.2, 0.25) is 0 Å². The number of methoxy groups -OCH3 is 2. The first kappa shape index (κ1) is 15.3. The molecule has 1 heterocycles. The highest BCUT2D eigenvalue weighted by molar-refractivity contribution is 9.10. The monoisotopic (exact) mass is 356 g/mol. The van der Waals surface area contributed by atoms with Gasteiger partial charge in [0.1, 0.15) is 0 Å². The zero-order valence-electron chi connectivity index (χ0n) is 11.7. The standard InChI is InChI=1S/C14H17BrN2O2S/c1-16-5-4-14-17-11(8-20-14)9-6-12(18-2)13(19-3)7-10(9)15/h6-8,16H,4-5H2,1-3H3. The van der Waals surface area contributed by atoms with E-state index >= 15 is 0 Å². The van der Waals surface area contributed by atoms with E-state index in [9.17, 15) is 0 Å². The molecule has 0 saturated carbocycles. The number of halogens is 1. The van der Waals surface area contributed by atoms with E-state index in [0.717, 1.165) is 33.7 Å². The van der Waals surface area contributed by atoms with Crippen LogP contribution in [0.4, 0.5) is 0 Å². The number of hydrogen-bond acceptors (Lipinski definition) is 5. The molecule has 1 N–H and O–H groups in total. The minimum Gasteiger partial charge on any atom is -0.493 e. The second-order valence-electron chi connectivity index (χ2n) is 4.17. The van der Waals surface area contributed by atoms with E-state index in [0.29, 0.717) is 11.5 Å². The molecule has 0 unspecified atom stereocenters. The lowest BCUT2D eigenvalue weighted by molar-refractivity contribution is 0.355. The second-order valence-corrected chi connectivity index (χ2v) is 5.96. The summed E-state index contributed by atoms with van der Waals surface area (Å²) >= 11 is 5.24. The Morgan fingerprint density at radius 3 is 2.60 bits per heavy atom. The third-order valence-electron chi connectivity index (χ3n) is 2.89. The highest BCUT2D eigenvalue weighted by Gasteiger charge is 2.13. The molecule has 4 nitrogen and oxygen atoms in total. The Morgan fingerprint density at radius 2 is 1.95 bits per heavy atom. The zero-order valence-corrected chi connectivity index (χ0v) is 14.1. The van der Waals surface area contributed by atoms with Crippen LogP contribution in [0.2, 0.25) is 0 Å². The summed E-state index contributed by atoms with van der Waals surface area (Å²) in [5.74, 6) is 1.41. The molecule has 0 aliphatic carbocycles. The lowest BCUT2D eigenvalue weighted by atomic mass is 10.1. The molecule has 2 rings (SSSR count). The van der Waals surface area contributed by atoms with Gasteiger partial charge in [-0.25, -0.2) is 4.98 Å². The molecule has 0 aliphatic rings. The fourth-order valence-corrected chi connectivity index (χ4v) is 3.16. The molecule has 0 aliphatic heterocycles. The van der Waals surface area contributed by atoms with Gasteiger partial charge in [-0.1, -0.05) is 0 Å². The Hall–Kier alpha value is -1.11. The van der Waals surface area contributed by atoms with E-state index in [1.807, 2.05) is 19.2 Å². The molecule has 108 valence electrons. The minimum absolute atomic E-state index is 0.703. The first-order valence-corrected chi connectivity index (χ1v) is 7.87. The van der Waals surface area contributed by atoms with Crippen molar-refractivity contribution >= 4 is 27.3 Å². The zero-order chi connectivity index (χ0) is 14.5. The molecule has 0 spiro atoms. The average molecular weight is 357 g/mol. The summed E-state index contributed by atoms with van der Waals surface area (Å²) < 4.78 is 11.6. The topological polar surface area (TPSA) is 43.4 Å². The predicted molar refractivity (Wildman–Crippen MR) is 86.0 cm³/mol. The molecule has 0 fully saturated rings. The number of rotatable bonds is 6. The molecule has 0 amide bonds. The predicted octanol–water partition coefficient (Wildman–Crippen LogP) is 3.35. The van der Waals surface area contributed by atoms with Crippen molar-refractivity contribution in [3.8, 4) is 22.8 Å². The molecule has 0 radical (unpaired) electrons. The van der Waals surface area contributed by atoms with Crippen LogP contribution in [0.1, 0.15) is 5.01 Å². The summed E-state index contributed by atoms with van der Waals surface area (Å²) in [5, 5.41) is 6.32. The van der Waals surface area contributed by atoms with Crippen LogP contribution >= 0.6 is 27.3 Å². The van der Waals surface area contributed by atoms with Crippen molar-refractivity contribution in [3.63, 3.8) is 0 Å². The van der Waals surface area contributed by atoms with Gasteiger partial charge in [-0.15, -0.1) is 11.3 Å². The van der Waals surface area contributed by atoms with E-state index in [-0.39, 0.29) is 0 Å². The first-order chi connectivity index (χ1) is 9.69. The first-order valence-electron chi connectivity index (χ1n) is 6.20. The van der Waals surface area contributed by atoms with Crippen molar-refractivity contribution < 1.29 is 9.47 Å². The SMILES string of the molecule is CNCCc1nc(-c2cc(OC)c(OC)cc2Br)cs1. The van der Waals surface area contributed by atoms with Gasteiger partial charge >= 0.3 is 0 Å². The van der Waals surface area contributed by atoms with E-state index in [2.05, 4.69) is 31.6 Å². The van der Waals surface area contributed by atoms with Gasteiger partial charge in [-0.2, -0.15) is 0 Å². The van der Waals surface area contributed by atoms with E-state index in [4.69, 9.17) is 9.47 Å². The van der Waals surface area contributed by atoms with Crippen molar-refractivity contribution in [1.82, 2.24) is 10.3 Å². The Morgan fingerprint density at radius 1 is 1.25 bits per heavy atom. The molecule has 2 aromatic rings. The quantitative estimate of drug-likeness (QED) is 0.861. The molecular formula is C14H17BrN2O2S. The van der Waals surface area contributed by atoms with Crippen LogP contribution in [-0.4, -0.2) is 32.8 Å². The highest BCUT2D eigenvalue weighted by atomic mass is 79.9. The van der Waals surface area contributed by atoms with Crippen LogP contribution in [0, 0.1) is 0 Å². The normalized spacial score (nSPS) is 10.6. The summed E-state index contributed by atoms with van der Waals surface area (Å²) in [6.07, 6.45) is 0.937. The van der Waals surface area contributed by atoms with Gasteiger partial charge in [0.15, 0.2) is 11.5 Å². The van der Waals surface area contributed by atoms with Crippen LogP contribution < -0.4 is 14.8 Å². The number of benzene rings is 1. The van der Waals surface area contributed by atoms with Crippen LogP contribution in [0.5, 0.6) is 11.5 Å². The van der Waals surface area contributed by atoms with Crippen LogP contribution in [0.15, 0.2) is 22.0 Å². The molecule has 1 aromatic heterocycles. The Balaban J connectivity index is 2.34. The van der Waals surface area contributed by atoms with E-state index in [1.165, 1.54) is 0 Å². The third kappa shape index (κ3) is 3.31. The van der Waals surface area contributed by atoms with Crippen molar-refractivity contribution in [2.24, 2.45) is 0 Å². The smallest absolute Gasteiger partial charge is 0.161 e. The summed E-state index contributed by atoms with van der Waals surface area (Å²) in [4.78, 5) is 4.66. The maximum atomic E-state index is 5.34. The maximum Gasteiger partial charge on any atom is 0.161 e. The summed E-state index contributed by atoms with van der Waals surface area (Å²) in [6, 6.07) is 3.85. The number of hydrogen-bond donors (Lipinski definition) is 1. The van der Waals surface area contributed by atoms with E-state index in [1.54, 1.807) is 25.6 Å². The van der Waals surface area contributed by atoms with Crippen LogP contribution in [0.3, 0.4) is 0 Å². The number of likely N-dealkylation sites (N-methyl/N-ethyl adjacent to an activating group) is 1. The van der Waals surface area contributed by atoms with Gasteiger partial charge in [0.25, 0.3) is 0 Å². The second kappa shape index (κ2) is 7.06. The van der Waals surface area contributed by atoms with Gasteiger partial charge < -0.3 is 14.8 Å². The Bertz CT molecular complexity index is 587. The minimum atomic E-state index is 0.703. The van der Waals surface area contributed by atoms with Crippen molar-refractivity contribution in [2.75, 3.05) is 27.8 Å². The van der Waals surface area contributed by atoms with Crippen LogP contribution in [0.25, 0.3) is 11.3 Å². The fourth-order valence-electron chi connectivity index (χ4n) is 1.83. The Labute approximate surface area is 131 Å². The number of aromatic nitrogens is 1. The molecule has 6 heteroatoms. The fraction of sp³-hybridized carbons (Fsp3) is 0.357. The van der Waals surface area contributed by atoms with Crippen LogP contribution in [-0.2, 0) is 6.42 Å². The van der Waals surface area contributed by atoms with Crippen molar-refractivity contribution in [1.29, 1.82) is 0 Å². The average Bonchev–Trinajstić information content (AvgIpc) is 2.93. The lowest BCUT2D eigenvalue weighted by Crippen LogP contribution is -2.09. The van der Waals surface area contributed by atoms with Crippen molar-refractivity contribution in [3.05, 3.63) is 27.0 Å². The maximum absolute atomic E-state index is 5.34. The molecule has 20 heavy (non-hydrogen) atoms. The third-order valence-corrected chi connectivity index (χ3v) is 4.45. The lowest BCUT2D eigenvalue weighted by Gasteiger charge is -2.10. The van der Waals surface area contributed by atoms with E-state index < -0.39 is 0 Å². The molecule has 0 saturated heterocycles.